The first-order valence-corrected chi connectivity index (χ1v) is 5.58. The number of aromatic nitrogens is 1. The second kappa shape index (κ2) is 4.44. The third-order valence-electron chi connectivity index (χ3n) is 1.99. The highest BCUT2D eigenvalue weighted by Gasteiger charge is 2.10. The third kappa shape index (κ3) is 2.11. The van der Waals surface area contributed by atoms with Crippen LogP contribution in [-0.4, -0.2) is 9.91 Å². The maximum absolute atomic E-state index is 10.6. The van der Waals surface area contributed by atoms with Crippen LogP contribution in [0.4, 0.5) is 5.69 Å². The van der Waals surface area contributed by atoms with Crippen LogP contribution >= 0.6 is 15.9 Å². The van der Waals surface area contributed by atoms with Gasteiger partial charge in [0.1, 0.15) is 5.76 Å². The highest BCUT2D eigenvalue weighted by Crippen LogP contribution is 2.23. The molecule has 5 nitrogen and oxygen atoms in total. The Bertz CT molecular complexity index is 524. The molecule has 0 unspecified atom stereocenters. The van der Waals surface area contributed by atoms with E-state index >= 15 is 0 Å². The van der Waals surface area contributed by atoms with E-state index in [0.717, 1.165) is 0 Å². The summed E-state index contributed by atoms with van der Waals surface area (Å²) in [5, 5.41) is 11.2. The van der Waals surface area contributed by atoms with Crippen molar-refractivity contribution < 1.29 is 9.34 Å². The Morgan fingerprint density at radius 2 is 2.31 bits per heavy atom. The van der Waals surface area contributed by atoms with Crippen LogP contribution in [0.5, 0.6) is 0 Å². The molecule has 16 heavy (non-hydrogen) atoms. The minimum absolute atomic E-state index is 0.0242. The molecule has 1 aromatic heterocycles. The molecule has 0 aliphatic carbocycles. The van der Waals surface area contributed by atoms with Gasteiger partial charge in [-0.2, -0.15) is 0 Å². The second-order valence-electron chi connectivity index (χ2n) is 3.07. The van der Waals surface area contributed by atoms with Crippen LogP contribution in [0.3, 0.4) is 0 Å². The van der Waals surface area contributed by atoms with E-state index < -0.39 is 4.92 Å². The molecule has 6 heteroatoms. The number of hydrogen-bond donors (Lipinski definition) is 0. The Balaban J connectivity index is 2.40. The normalized spacial score (nSPS) is 10.3. The molecule has 0 saturated carbocycles. The Kier molecular flexibility index (Phi) is 3.00. The Morgan fingerprint density at radius 1 is 1.50 bits per heavy atom. The maximum atomic E-state index is 10.6. The number of hydrogen-bond acceptors (Lipinski definition) is 4. The predicted molar refractivity (Wildman–Crippen MR) is 61.2 cm³/mol. The quantitative estimate of drug-likeness (QED) is 0.493. The molecule has 0 amide bonds. The minimum atomic E-state index is -0.447. The topological polar surface area (TPSA) is 69.2 Å². The number of nitrogens with zero attached hydrogens (tertiary/aromatic N) is 2. The van der Waals surface area contributed by atoms with E-state index in [1.807, 2.05) is 0 Å². The molecule has 0 radical (unpaired) electrons. The zero-order chi connectivity index (χ0) is 11.5. The van der Waals surface area contributed by atoms with Crippen LogP contribution in [0.1, 0.15) is 5.76 Å². The summed E-state index contributed by atoms with van der Waals surface area (Å²) >= 11 is 3.24. The van der Waals surface area contributed by atoms with E-state index in [1.165, 1.54) is 12.1 Å². The van der Waals surface area contributed by atoms with E-state index in [0.29, 0.717) is 22.5 Å². The van der Waals surface area contributed by atoms with Crippen molar-refractivity contribution in [3.8, 4) is 11.5 Å². The monoisotopic (exact) mass is 282 g/mol. The van der Waals surface area contributed by atoms with Crippen molar-refractivity contribution in [1.82, 2.24) is 4.98 Å². The summed E-state index contributed by atoms with van der Waals surface area (Å²) in [6.07, 6.45) is 1.59. The van der Waals surface area contributed by atoms with Crippen molar-refractivity contribution in [2.45, 2.75) is 5.33 Å². The van der Waals surface area contributed by atoms with E-state index in [1.54, 1.807) is 18.3 Å². The number of nitro groups is 1. The molecule has 1 heterocycles. The largest absolute Gasteiger partial charge is 0.440 e. The average molecular weight is 283 g/mol. The van der Waals surface area contributed by atoms with Gasteiger partial charge >= 0.3 is 0 Å². The molecule has 0 fully saturated rings. The standard InChI is InChI=1S/C10H7BrN2O3/c11-5-9-6-12-10(16-9)7-2-1-3-8(4-7)13(14)15/h1-4,6H,5H2. The molecule has 1 aromatic carbocycles. The zero-order valence-electron chi connectivity index (χ0n) is 8.09. The summed E-state index contributed by atoms with van der Waals surface area (Å²) in [7, 11) is 0. The van der Waals surface area contributed by atoms with Crippen LogP contribution in [0.15, 0.2) is 34.9 Å². The summed E-state index contributed by atoms with van der Waals surface area (Å²) in [6, 6.07) is 6.18. The molecule has 0 saturated heterocycles. The van der Waals surface area contributed by atoms with Crippen molar-refractivity contribution in [3.63, 3.8) is 0 Å². The van der Waals surface area contributed by atoms with Gasteiger partial charge < -0.3 is 4.42 Å². The SMILES string of the molecule is O=[N+]([O-])c1cccc(-c2ncc(CBr)o2)c1. The first-order valence-electron chi connectivity index (χ1n) is 4.46. The highest BCUT2D eigenvalue weighted by atomic mass is 79.9. The molecule has 0 aliphatic heterocycles. The van der Waals surface area contributed by atoms with E-state index in [9.17, 15) is 10.1 Å². The number of benzene rings is 1. The molecule has 0 N–H and O–H groups in total. The van der Waals surface area contributed by atoms with Gasteiger partial charge in [0.15, 0.2) is 0 Å². The van der Waals surface area contributed by atoms with Gasteiger partial charge in [-0.1, -0.05) is 22.0 Å². The van der Waals surface area contributed by atoms with Crippen LogP contribution in [0.25, 0.3) is 11.5 Å². The number of halogens is 1. The summed E-state index contributed by atoms with van der Waals surface area (Å²) in [4.78, 5) is 14.2. The number of oxazole rings is 1. The van der Waals surface area contributed by atoms with Crippen LogP contribution in [-0.2, 0) is 5.33 Å². The zero-order valence-corrected chi connectivity index (χ0v) is 9.68. The van der Waals surface area contributed by atoms with Gasteiger partial charge in [0.25, 0.3) is 5.69 Å². The van der Waals surface area contributed by atoms with Gasteiger partial charge in [-0.25, -0.2) is 4.98 Å². The Morgan fingerprint density at radius 3 is 2.94 bits per heavy atom. The lowest BCUT2D eigenvalue weighted by Crippen LogP contribution is -1.87. The van der Waals surface area contributed by atoms with E-state index in [4.69, 9.17) is 4.42 Å². The predicted octanol–water partition coefficient (Wildman–Crippen LogP) is 3.14. The Labute approximate surface area is 99.4 Å². The smallest absolute Gasteiger partial charge is 0.270 e. The molecule has 82 valence electrons. The molecule has 0 atom stereocenters. The van der Waals surface area contributed by atoms with Crippen molar-refractivity contribution in [3.05, 3.63) is 46.3 Å². The van der Waals surface area contributed by atoms with E-state index in [-0.39, 0.29) is 5.69 Å². The summed E-state index contributed by atoms with van der Waals surface area (Å²) in [6.45, 7) is 0. The summed E-state index contributed by atoms with van der Waals surface area (Å²) in [5.74, 6) is 1.07. The number of rotatable bonds is 3. The fourth-order valence-electron chi connectivity index (χ4n) is 1.26. The van der Waals surface area contributed by atoms with Gasteiger partial charge in [-0.3, -0.25) is 10.1 Å². The maximum Gasteiger partial charge on any atom is 0.270 e. The van der Waals surface area contributed by atoms with Crippen molar-refractivity contribution in [1.29, 1.82) is 0 Å². The minimum Gasteiger partial charge on any atom is -0.440 e. The fourth-order valence-corrected chi connectivity index (χ4v) is 1.51. The molecule has 2 aromatic rings. The van der Waals surface area contributed by atoms with Crippen molar-refractivity contribution in [2.24, 2.45) is 0 Å². The van der Waals surface area contributed by atoms with Gasteiger partial charge in [-0.05, 0) is 6.07 Å². The lowest BCUT2D eigenvalue weighted by Gasteiger charge is -1.95. The molecule has 0 aliphatic rings. The molecule has 0 bridgehead atoms. The Hall–Kier alpha value is -1.69. The van der Waals surface area contributed by atoms with Gasteiger partial charge in [-0.15, -0.1) is 0 Å². The lowest BCUT2D eigenvalue weighted by atomic mass is 10.2. The van der Waals surface area contributed by atoms with Gasteiger partial charge in [0.05, 0.1) is 16.5 Å². The van der Waals surface area contributed by atoms with Crippen LogP contribution in [0, 0.1) is 10.1 Å². The molecular formula is C10H7BrN2O3. The van der Waals surface area contributed by atoms with Gasteiger partial charge in [0.2, 0.25) is 5.89 Å². The fraction of sp³-hybridized carbons (Fsp3) is 0.100. The second-order valence-corrected chi connectivity index (χ2v) is 3.63. The number of alkyl halides is 1. The van der Waals surface area contributed by atoms with Crippen LogP contribution < -0.4 is 0 Å². The van der Waals surface area contributed by atoms with Crippen LogP contribution in [0.2, 0.25) is 0 Å². The lowest BCUT2D eigenvalue weighted by molar-refractivity contribution is -0.384. The van der Waals surface area contributed by atoms with Crippen molar-refractivity contribution >= 4 is 21.6 Å². The number of nitro benzene ring substituents is 1. The average Bonchev–Trinajstić information content (AvgIpc) is 2.77. The molecular weight excluding hydrogens is 276 g/mol. The summed E-state index contributed by atoms with van der Waals surface area (Å²) < 4.78 is 5.37. The molecule has 0 spiro atoms. The summed E-state index contributed by atoms with van der Waals surface area (Å²) in [5.41, 5.74) is 0.623. The first-order chi connectivity index (χ1) is 7.70. The van der Waals surface area contributed by atoms with Crippen molar-refractivity contribution in [2.75, 3.05) is 0 Å². The molecule has 2 rings (SSSR count). The number of non-ortho nitro benzene ring substituents is 1. The van der Waals surface area contributed by atoms with E-state index in [2.05, 4.69) is 20.9 Å². The van der Waals surface area contributed by atoms with Gasteiger partial charge in [0, 0.05) is 17.7 Å². The first kappa shape index (κ1) is 10.8. The third-order valence-corrected chi connectivity index (χ3v) is 2.54. The highest BCUT2D eigenvalue weighted by molar-refractivity contribution is 9.08.